The summed E-state index contributed by atoms with van der Waals surface area (Å²) in [6.07, 6.45) is 2.56. The van der Waals surface area contributed by atoms with E-state index >= 15 is 0 Å². The van der Waals surface area contributed by atoms with Crippen molar-refractivity contribution in [3.63, 3.8) is 0 Å². The summed E-state index contributed by atoms with van der Waals surface area (Å²) in [5.41, 5.74) is 8.16. The zero-order valence-corrected chi connectivity index (χ0v) is 25.2. The largest absolute Gasteiger partial charge is 0.416 e. The Hall–Kier alpha value is -1.27. The molecule has 34 heavy (non-hydrogen) atoms. The third-order valence-corrected chi connectivity index (χ3v) is 17.5. The molecule has 0 amide bonds. The molecule has 190 valence electrons. The van der Waals surface area contributed by atoms with Crippen molar-refractivity contribution in [2.45, 2.75) is 96.4 Å². The maximum atomic E-state index is 6.98. The molecule has 1 saturated carbocycles. The first-order chi connectivity index (χ1) is 15.4. The van der Waals surface area contributed by atoms with E-state index in [1.165, 1.54) is 0 Å². The number of halogens is 1. The lowest BCUT2D eigenvalue weighted by Gasteiger charge is -2.41. The molecular formula is C24H42ClN5O2Si2. The summed E-state index contributed by atoms with van der Waals surface area (Å²) in [6.45, 7) is 27.9. The predicted octanol–water partition coefficient (Wildman–Crippen LogP) is 6.59. The molecule has 3 atom stereocenters. The van der Waals surface area contributed by atoms with Crippen molar-refractivity contribution in [1.82, 2.24) is 19.5 Å². The first-order valence-corrected chi connectivity index (χ1v) is 18.2. The zero-order chi connectivity index (χ0) is 25.9. The molecule has 2 heterocycles. The van der Waals surface area contributed by atoms with Gasteiger partial charge in [0.25, 0.3) is 0 Å². The molecule has 1 aliphatic rings. The van der Waals surface area contributed by atoms with Crippen LogP contribution in [0.5, 0.6) is 0 Å². The molecule has 0 saturated heterocycles. The number of imidazole rings is 1. The summed E-state index contributed by atoms with van der Waals surface area (Å²) in [6, 6.07) is -0.0295. The van der Waals surface area contributed by atoms with Gasteiger partial charge in [-0.15, -0.1) is 0 Å². The smallest absolute Gasteiger partial charge is 0.223 e. The number of hydrogen-bond donors (Lipinski definition) is 1. The molecule has 0 spiro atoms. The molecule has 1 aliphatic carbocycles. The Kier molecular flexibility index (Phi) is 7.23. The molecule has 10 heteroatoms. The van der Waals surface area contributed by atoms with Crippen molar-refractivity contribution in [2.24, 2.45) is 5.92 Å². The monoisotopic (exact) mass is 523 g/mol. The molecule has 0 unspecified atom stereocenters. The molecule has 3 rings (SSSR count). The molecule has 7 nitrogen and oxygen atoms in total. The highest BCUT2D eigenvalue weighted by Gasteiger charge is 2.47. The fraction of sp³-hybridized carbons (Fsp3) is 0.708. The Balaban J connectivity index is 1.98. The number of nitrogens with zero attached hydrogens (tertiary/aromatic N) is 4. The van der Waals surface area contributed by atoms with E-state index < -0.39 is 16.6 Å². The molecule has 0 aromatic carbocycles. The van der Waals surface area contributed by atoms with Crippen LogP contribution in [0.25, 0.3) is 11.2 Å². The number of aromatic nitrogens is 4. The van der Waals surface area contributed by atoms with Crippen LogP contribution in [0.2, 0.25) is 41.4 Å². The van der Waals surface area contributed by atoms with Crippen LogP contribution in [-0.2, 0) is 8.85 Å². The van der Waals surface area contributed by atoms with E-state index in [9.17, 15) is 0 Å². The molecule has 0 radical (unpaired) electrons. The Morgan fingerprint density at radius 3 is 2.24 bits per heavy atom. The fourth-order valence-corrected chi connectivity index (χ4v) is 6.47. The summed E-state index contributed by atoms with van der Waals surface area (Å²) in [7, 11) is -3.95. The minimum absolute atomic E-state index is 0.00951. The summed E-state index contributed by atoms with van der Waals surface area (Å²) in [5, 5.41) is 0.499. The number of nitrogen functional groups attached to an aromatic ring is 1. The standard InChI is InChI=1S/C24H42ClN5O2Si2/c1-15-16(13-31-33(8,9)23(2,3)4)18(32-34(10,11)24(5,6)7)12-17(15)30-14-27-19-20(25)28-22(26)29-21(19)30/h14,16-18H,1,12-13H2,2-11H3,(H2,26,28,29)/t16-,17-,18-/m0/s1. The van der Waals surface area contributed by atoms with Crippen LogP contribution >= 0.6 is 11.6 Å². The number of anilines is 1. The van der Waals surface area contributed by atoms with Gasteiger partial charge in [-0.3, -0.25) is 0 Å². The molecule has 0 bridgehead atoms. The van der Waals surface area contributed by atoms with Crippen molar-refractivity contribution in [3.8, 4) is 0 Å². The van der Waals surface area contributed by atoms with Gasteiger partial charge in [0.1, 0.15) is 5.52 Å². The molecule has 2 aromatic rings. The van der Waals surface area contributed by atoms with Crippen molar-refractivity contribution in [1.29, 1.82) is 0 Å². The van der Waals surface area contributed by atoms with Crippen LogP contribution in [0.3, 0.4) is 0 Å². The second-order valence-corrected chi connectivity index (χ2v) is 22.5. The Morgan fingerprint density at radius 1 is 1.09 bits per heavy atom. The van der Waals surface area contributed by atoms with Crippen LogP contribution in [0.4, 0.5) is 5.95 Å². The minimum Gasteiger partial charge on any atom is -0.416 e. The Bertz CT molecular complexity index is 1070. The summed E-state index contributed by atoms with van der Waals surface area (Å²) in [4.78, 5) is 13.0. The third kappa shape index (κ3) is 5.14. The van der Waals surface area contributed by atoms with Crippen LogP contribution in [0, 0.1) is 5.92 Å². The highest BCUT2D eigenvalue weighted by Crippen LogP contribution is 2.47. The van der Waals surface area contributed by atoms with E-state index in [2.05, 4.69) is 89.3 Å². The fourth-order valence-electron chi connectivity index (χ4n) is 3.85. The van der Waals surface area contributed by atoms with Crippen LogP contribution < -0.4 is 5.73 Å². The first-order valence-electron chi connectivity index (χ1n) is 12.0. The Morgan fingerprint density at radius 2 is 1.68 bits per heavy atom. The number of nitrogens with two attached hydrogens (primary N) is 1. The van der Waals surface area contributed by atoms with Gasteiger partial charge >= 0.3 is 0 Å². The van der Waals surface area contributed by atoms with Gasteiger partial charge in [0.15, 0.2) is 27.4 Å². The van der Waals surface area contributed by atoms with Gasteiger partial charge in [-0.25, -0.2) is 4.98 Å². The van der Waals surface area contributed by atoms with Gasteiger partial charge in [-0.1, -0.05) is 59.7 Å². The second kappa shape index (κ2) is 8.99. The molecular weight excluding hydrogens is 482 g/mol. The van der Waals surface area contributed by atoms with Crippen molar-refractivity contribution in [3.05, 3.63) is 23.6 Å². The minimum atomic E-state index is -2.02. The van der Waals surface area contributed by atoms with Gasteiger partial charge < -0.3 is 19.2 Å². The molecule has 1 fully saturated rings. The van der Waals surface area contributed by atoms with Crippen molar-refractivity contribution >= 4 is 45.3 Å². The number of rotatable bonds is 6. The average Bonchev–Trinajstić information content (AvgIpc) is 3.19. The first kappa shape index (κ1) is 27.3. The summed E-state index contributed by atoms with van der Waals surface area (Å²) < 4.78 is 15.7. The Labute approximate surface area is 211 Å². The average molecular weight is 524 g/mol. The number of hydrogen-bond acceptors (Lipinski definition) is 6. The number of fused-ring (bicyclic) bond motifs is 1. The van der Waals surface area contributed by atoms with Gasteiger partial charge in [-0.2, -0.15) is 9.97 Å². The normalized spacial score (nSPS) is 22.7. The highest BCUT2D eigenvalue weighted by atomic mass is 35.5. The van der Waals surface area contributed by atoms with Gasteiger partial charge in [0.2, 0.25) is 5.95 Å². The zero-order valence-electron chi connectivity index (χ0n) is 22.5. The third-order valence-electron chi connectivity index (χ3n) is 8.22. The predicted molar refractivity (Wildman–Crippen MR) is 146 cm³/mol. The van der Waals surface area contributed by atoms with E-state index in [4.69, 9.17) is 26.2 Å². The maximum absolute atomic E-state index is 6.98. The lowest BCUT2D eigenvalue weighted by Crippen LogP contribution is -2.47. The van der Waals surface area contributed by atoms with E-state index in [0.717, 1.165) is 12.0 Å². The second-order valence-electron chi connectivity index (χ2n) is 12.6. The molecule has 0 aliphatic heterocycles. The van der Waals surface area contributed by atoms with Crippen molar-refractivity contribution < 1.29 is 8.85 Å². The van der Waals surface area contributed by atoms with E-state index in [0.29, 0.717) is 17.8 Å². The SMILES string of the molecule is C=C1[C@H](CO[Si](C)(C)C(C)(C)C)[C@@H](O[Si](C)(C)C(C)(C)C)C[C@@H]1n1cnc2c(Cl)nc(N)nc21. The van der Waals surface area contributed by atoms with Crippen molar-refractivity contribution in [2.75, 3.05) is 12.3 Å². The molecule has 2 aromatic heterocycles. The van der Waals surface area contributed by atoms with E-state index in [1.54, 1.807) is 6.33 Å². The summed E-state index contributed by atoms with van der Waals surface area (Å²) >= 11 is 6.29. The summed E-state index contributed by atoms with van der Waals surface area (Å²) in [5.74, 6) is 0.218. The van der Waals surface area contributed by atoms with Crippen LogP contribution in [-0.4, -0.2) is 48.9 Å². The van der Waals surface area contributed by atoms with Gasteiger partial charge in [0, 0.05) is 12.5 Å². The molecule has 2 N–H and O–H groups in total. The quantitative estimate of drug-likeness (QED) is 0.261. The lowest BCUT2D eigenvalue weighted by atomic mass is 10.0. The van der Waals surface area contributed by atoms with Gasteiger partial charge in [-0.05, 0) is 48.3 Å². The highest BCUT2D eigenvalue weighted by molar-refractivity contribution is 6.74. The van der Waals surface area contributed by atoms with Crippen LogP contribution in [0.1, 0.15) is 54.0 Å². The van der Waals surface area contributed by atoms with E-state index in [1.807, 2.05) is 4.57 Å². The topological polar surface area (TPSA) is 88.1 Å². The van der Waals surface area contributed by atoms with Crippen LogP contribution in [0.15, 0.2) is 18.5 Å². The van der Waals surface area contributed by atoms with Gasteiger partial charge in [0.05, 0.1) is 18.5 Å². The maximum Gasteiger partial charge on any atom is 0.223 e. The lowest BCUT2D eigenvalue weighted by molar-refractivity contribution is 0.111. The van der Waals surface area contributed by atoms with E-state index in [-0.39, 0.29) is 39.2 Å².